The number of likely N-dealkylation sites (N-methyl/N-ethyl adjacent to an activating group) is 1. The minimum atomic E-state index is -0.292. The summed E-state index contributed by atoms with van der Waals surface area (Å²) >= 11 is 0. The Hall–Kier alpha value is -2.50. The van der Waals surface area contributed by atoms with Gasteiger partial charge in [-0.2, -0.15) is 0 Å². The van der Waals surface area contributed by atoms with Gasteiger partial charge in [-0.1, -0.05) is 0 Å². The van der Waals surface area contributed by atoms with Crippen molar-refractivity contribution in [1.82, 2.24) is 15.2 Å². The van der Waals surface area contributed by atoms with Crippen LogP contribution in [0.25, 0.3) is 10.9 Å². The lowest BCUT2D eigenvalue weighted by molar-refractivity contribution is -0.128. The lowest BCUT2D eigenvalue weighted by Gasteiger charge is -2.14. The Labute approximate surface area is 116 Å². The van der Waals surface area contributed by atoms with E-state index in [0.717, 1.165) is 10.9 Å². The van der Waals surface area contributed by atoms with Crippen LogP contribution in [0.2, 0.25) is 0 Å². The Morgan fingerprint density at radius 3 is 2.85 bits per heavy atom. The Balaban J connectivity index is 2.12. The van der Waals surface area contributed by atoms with Crippen molar-refractivity contribution in [2.45, 2.75) is 6.92 Å². The summed E-state index contributed by atoms with van der Waals surface area (Å²) in [5.74, 6) is -0.417. The van der Waals surface area contributed by atoms with Gasteiger partial charge < -0.3 is 20.9 Å². The summed E-state index contributed by atoms with van der Waals surface area (Å²) in [4.78, 5) is 28.3. The summed E-state index contributed by atoms with van der Waals surface area (Å²) in [6.45, 7) is 2.47. The number of carbonyl (C=O) groups is 2. The number of nitrogens with one attached hydrogen (secondary N) is 2. The highest BCUT2D eigenvalue weighted by Crippen LogP contribution is 2.20. The second-order valence-corrected chi connectivity index (χ2v) is 4.60. The maximum absolute atomic E-state index is 12.1. The number of aromatic nitrogens is 1. The molecule has 0 spiro atoms. The van der Waals surface area contributed by atoms with Gasteiger partial charge in [-0.25, -0.2) is 0 Å². The van der Waals surface area contributed by atoms with Gasteiger partial charge in [0.2, 0.25) is 5.91 Å². The number of H-pyrrole nitrogens is 1. The molecule has 6 heteroatoms. The monoisotopic (exact) mass is 274 g/mol. The third kappa shape index (κ3) is 2.74. The molecule has 0 atom stereocenters. The number of hydrogen-bond acceptors (Lipinski definition) is 3. The van der Waals surface area contributed by atoms with Crippen molar-refractivity contribution in [2.24, 2.45) is 0 Å². The molecule has 6 nitrogen and oxygen atoms in total. The second-order valence-electron chi connectivity index (χ2n) is 4.60. The molecule has 1 heterocycles. The molecule has 106 valence electrons. The SMILES string of the molecule is CCN(C)C(=O)CNC(=O)c1c[nH]c2ccc(N)cc12. The van der Waals surface area contributed by atoms with Crippen molar-refractivity contribution in [3.63, 3.8) is 0 Å². The topological polar surface area (TPSA) is 91.2 Å². The Morgan fingerprint density at radius 2 is 2.15 bits per heavy atom. The molecule has 2 rings (SSSR count). The molecule has 4 N–H and O–H groups in total. The van der Waals surface area contributed by atoms with E-state index in [1.165, 1.54) is 0 Å². The van der Waals surface area contributed by atoms with Crippen LogP contribution in [0.3, 0.4) is 0 Å². The van der Waals surface area contributed by atoms with E-state index in [0.29, 0.717) is 17.8 Å². The van der Waals surface area contributed by atoms with Crippen molar-refractivity contribution in [1.29, 1.82) is 0 Å². The minimum absolute atomic E-state index is 0.0157. The number of anilines is 1. The number of nitrogen functional groups attached to an aromatic ring is 1. The largest absolute Gasteiger partial charge is 0.399 e. The number of benzene rings is 1. The van der Waals surface area contributed by atoms with E-state index in [9.17, 15) is 9.59 Å². The number of hydrogen-bond donors (Lipinski definition) is 3. The molecule has 20 heavy (non-hydrogen) atoms. The highest BCUT2D eigenvalue weighted by Gasteiger charge is 2.14. The number of aromatic amines is 1. The Morgan fingerprint density at radius 1 is 1.40 bits per heavy atom. The van der Waals surface area contributed by atoms with Crippen LogP contribution in [0.4, 0.5) is 5.69 Å². The molecular formula is C14H18N4O2. The molecule has 2 amide bonds. The number of rotatable bonds is 4. The fourth-order valence-corrected chi connectivity index (χ4v) is 1.89. The van der Waals surface area contributed by atoms with Gasteiger partial charge in [0.05, 0.1) is 12.1 Å². The molecule has 0 unspecified atom stereocenters. The van der Waals surface area contributed by atoms with Crippen LogP contribution in [0, 0.1) is 0 Å². The summed E-state index contributed by atoms with van der Waals surface area (Å²) in [6.07, 6.45) is 1.62. The molecule has 0 radical (unpaired) electrons. The molecule has 1 aromatic carbocycles. The summed E-state index contributed by atoms with van der Waals surface area (Å²) in [5.41, 5.74) is 7.64. The summed E-state index contributed by atoms with van der Waals surface area (Å²) in [7, 11) is 1.70. The van der Waals surface area contributed by atoms with Crippen LogP contribution in [0.15, 0.2) is 24.4 Å². The van der Waals surface area contributed by atoms with Gasteiger partial charge >= 0.3 is 0 Å². The fourth-order valence-electron chi connectivity index (χ4n) is 1.89. The molecule has 0 bridgehead atoms. The zero-order chi connectivity index (χ0) is 14.7. The molecule has 0 aliphatic rings. The minimum Gasteiger partial charge on any atom is -0.399 e. The molecular weight excluding hydrogens is 256 g/mol. The number of amides is 2. The number of fused-ring (bicyclic) bond motifs is 1. The van der Waals surface area contributed by atoms with Crippen LogP contribution in [-0.4, -0.2) is 41.8 Å². The molecule has 0 fully saturated rings. The average Bonchev–Trinajstić information content (AvgIpc) is 2.86. The Bertz CT molecular complexity index is 648. The van der Waals surface area contributed by atoms with Crippen LogP contribution < -0.4 is 11.1 Å². The third-order valence-electron chi connectivity index (χ3n) is 3.25. The number of nitrogens with zero attached hydrogens (tertiary/aromatic N) is 1. The lowest BCUT2D eigenvalue weighted by Crippen LogP contribution is -2.37. The van der Waals surface area contributed by atoms with Crippen molar-refractivity contribution in [3.8, 4) is 0 Å². The van der Waals surface area contributed by atoms with Gasteiger partial charge in [0.15, 0.2) is 0 Å². The van der Waals surface area contributed by atoms with Gasteiger partial charge in [0.25, 0.3) is 5.91 Å². The van der Waals surface area contributed by atoms with Gasteiger partial charge in [0.1, 0.15) is 0 Å². The lowest BCUT2D eigenvalue weighted by atomic mass is 10.1. The molecule has 2 aromatic rings. The predicted molar refractivity (Wildman–Crippen MR) is 78.4 cm³/mol. The maximum atomic E-state index is 12.1. The van der Waals surface area contributed by atoms with Crippen molar-refractivity contribution < 1.29 is 9.59 Å². The second kappa shape index (κ2) is 5.64. The third-order valence-corrected chi connectivity index (χ3v) is 3.25. The van der Waals surface area contributed by atoms with Crippen molar-refractivity contribution in [3.05, 3.63) is 30.0 Å². The molecule has 0 aliphatic carbocycles. The van der Waals surface area contributed by atoms with E-state index >= 15 is 0 Å². The van der Waals surface area contributed by atoms with Crippen LogP contribution >= 0.6 is 0 Å². The first-order valence-corrected chi connectivity index (χ1v) is 6.41. The summed E-state index contributed by atoms with van der Waals surface area (Å²) in [6, 6.07) is 5.32. The van der Waals surface area contributed by atoms with Crippen LogP contribution in [-0.2, 0) is 4.79 Å². The van der Waals surface area contributed by atoms with Gasteiger partial charge in [-0.05, 0) is 25.1 Å². The van der Waals surface area contributed by atoms with Crippen molar-refractivity contribution >= 4 is 28.4 Å². The highest BCUT2D eigenvalue weighted by molar-refractivity contribution is 6.08. The molecule has 0 aliphatic heterocycles. The van der Waals surface area contributed by atoms with Crippen LogP contribution in [0.1, 0.15) is 17.3 Å². The fraction of sp³-hybridized carbons (Fsp3) is 0.286. The van der Waals surface area contributed by atoms with E-state index in [4.69, 9.17) is 5.73 Å². The number of nitrogens with two attached hydrogens (primary N) is 1. The first-order valence-electron chi connectivity index (χ1n) is 6.41. The first kappa shape index (κ1) is 13.9. The van der Waals surface area contributed by atoms with Crippen LogP contribution in [0.5, 0.6) is 0 Å². The predicted octanol–water partition coefficient (Wildman–Crippen LogP) is 0.958. The Kier molecular flexibility index (Phi) is 3.93. The van der Waals surface area contributed by atoms with Gasteiger partial charge in [-0.3, -0.25) is 9.59 Å². The quantitative estimate of drug-likeness (QED) is 0.725. The average molecular weight is 274 g/mol. The molecule has 0 saturated heterocycles. The summed E-state index contributed by atoms with van der Waals surface area (Å²) in [5, 5.41) is 3.37. The number of carbonyl (C=O) groups excluding carboxylic acids is 2. The van der Waals surface area contributed by atoms with E-state index in [1.54, 1.807) is 30.3 Å². The van der Waals surface area contributed by atoms with Gasteiger partial charge in [-0.15, -0.1) is 0 Å². The van der Waals surface area contributed by atoms with Crippen molar-refractivity contribution in [2.75, 3.05) is 25.9 Å². The molecule has 1 aromatic heterocycles. The van der Waals surface area contributed by atoms with E-state index in [1.807, 2.05) is 13.0 Å². The standard InChI is InChI=1S/C14H18N4O2/c1-3-18(2)13(19)8-17-14(20)11-7-16-12-5-4-9(15)6-10(11)12/h4-7,16H,3,8,15H2,1-2H3,(H,17,20). The maximum Gasteiger partial charge on any atom is 0.253 e. The molecule has 0 saturated carbocycles. The zero-order valence-electron chi connectivity index (χ0n) is 11.6. The highest BCUT2D eigenvalue weighted by atomic mass is 16.2. The normalized spacial score (nSPS) is 10.5. The van der Waals surface area contributed by atoms with E-state index in [2.05, 4.69) is 10.3 Å². The first-order chi connectivity index (χ1) is 9.52. The summed E-state index contributed by atoms with van der Waals surface area (Å²) < 4.78 is 0. The van der Waals surface area contributed by atoms with Gasteiger partial charge in [0, 0.05) is 36.4 Å². The van der Waals surface area contributed by atoms with E-state index < -0.39 is 0 Å². The van der Waals surface area contributed by atoms with E-state index in [-0.39, 0.29) is 18.4 Å². The smallest absolute Gasteiger partial charge is 0.253 e. The zero-order valence-corrected chi connectivity index (χ0v) is 11.6.